The third kappa shape index (κ3) is 44.0. The van der Waals surface area contributed by atoms with Crippen LogP contribution in [-0.4, -0.2) is 37.2 Å². The van der Waals surface area contributed by atoms with Gasteiger partial charge in [-0.25, -0.2) is 0 Å². The highest BCUT2D eigenvalue weighted by atomic mass is 16.6. The average molecular weight is 809 g/mol. The average Bonchev–Trinajstić information content (AvgIpc) is 3.22. The maximum absolute atomic E-state index is 12.7. The summed E-state index contributed by atoms with van der Waals surface area (Å²) in [6.07, 6.45) is 57.4. The first-order valence-electron chi connectivity index (χ1n) is 24.0. The van der Waals surface area contributed by atoms with Gasteiger partial charge in [-0.2, -0.15) is 0 Å². The molecule has 0 rings (SSSR count). The van der Waals surface area contributed by atoms with E-state index >= 15 is 0 Å². The molecule has 0 saturated heterocycles. The SMILES string of the molecule is CC/C=C\C/C=C\C/C=C\CCCCCCC(=O)OC(COC(=O)CCCCC/C=C\C=C/CCCC)COC(=O)CCCCCCCCC/C=C\CCCCCC. The fourth-order valence-electron chi connectivity index (χ4n) is 6.31. The number of carbonyl (C=O) groups excluding carboxylic acids is 3. The molecule has 0 aliphatic rings. The first-order valence-corrected chi connectivity index (χ1v) is 24.0. The molecule has 0 aliphatic carbocycles. The Labute approximate surface area is 357 Å². The summed E-state index contributed by atoms with van der Waals surface area (Å²) in [5, 5.41) is 0. The molecule has 0 radical (unpaired) electrons. The van der Waals surface area contributed by atoms with E-state index in [2.05, 4.69) is 93.7 Å². The highest BCUT2D eigenvalue weighted by Gasteiger charge is 2.19. The lowest BCUT2D eigenvalue weighted by Crippen LogP contribution is -2.30. The van der Waals surface area contributed by atoms with Gasteiger partial charge in [0.15, 0.2) is 6.10 Å². The van der Waals surface area contributed by atoms with Gasteiger partial charge in [-0.1, -0.05) is 177 Å². The Morgan fingerprint density at radius 3 is 1.24 bits per heavy atom. The van der Waals surface area contributed by atoms with Crippen LogP contribution in [0.4, 0.5) is 0 Å². The van der Waals surface area contributed by atoms with Crippen LogP contribution in [0.15, 0.2) is 72.9 Å². The molecule has 0 amide bonds. The number of esters is 3. The summed E-state index contributed by atoms with van der Waals surface area (Å²) in [5.41, 5.74) is 0. The minimum Gasteiger partial charge on any atom is -0.462 e. The fraction of sp³-hybridized carbons (Fsp3) is 0.712. The van der Waals surface area contributed by atoms with Crippen LogP contribution >= 0.6 is 0 Å². The van der Waals surface area contributed by atoms with Crippen molar-refractivity contribution >= 4 is 17.9 Å². The number of allylic oxidation sites excluding steroid dienone is 12. The zero-order valence-electron chi connectivity index (χ0n) is 37.8. The van der Waals surface area contributed by atoms with Crippen molar-refractivity contribution in [3.8, 4) is 0 Å². The zero-order chi connectivity index (χ0) is 42.3. The first kappa shape index (κ1) is 54.9. The molecule has 0 N–H and O–H groups in total. The molecule has 6 nitrogen and oxygen atoms in total. The van der Waals surface area contributed by atoms with Crippen molar-refractivity contribution in [3.05, 3.63) is 72.9 Å². The topological polar surface area (TPSA) is 78.9 Å². The molecular formula is C52H88O6. The number of ether oxygens (including phenoxy) is 3. The van der Waals surface area contributed by atoms with Gasteiger partial charge in [0.25, 0.3) is 0 Å². The summed E-state index contributed by atoms with van der Waals surface area (Å²) in [6, 6.07) is 0. The fourth-order valence-corrected chi connectivity index (χ4v) is 6.31. The number of rotatable bonds is 42. The molecule has 332 valence electrons. The summed E-state index contributed by atoms with van der Waals surface area (Å²) < 4.78 is 16.7. The van der Waals surface area contributed by atoms with Gasteiger partial charge in [-0.15, -0.1) is 0 Å². The molecule has 0 aromatic carbocycles. The Hall–Kier alpha value is -3.15. The molecule has 0 bridgehead atoms. The van der Waals surface area contributed by atoms with Gasteiger partial charge in [0.1, 0.15) is 13.2 Å². The van der Waals surface area contributed by atoms with E-state index in [-0.39, 0.29) is 31.1 Å². The molecule has 58 heavy (non-hydrogen) atoms. The lowest BCUT2D eigenvalue weighted by Gasteiger charge is -2.18. The van der Waals surface area contributed by atoms with Crippen molar-refractivity contribution in [3.63, 3.8) is 0 Å². The minimum absolute atomic E-state index is 0.0960. The van der Waals surface area contributed by atoms with E-state index in [0.29, 0.717) is 19.3 Å². The molecule has 0 saturated carbocycles. The van der Waals surface area contributed by atoms with Crippen molar-refractivity contribution in [1.82, 2.24) is 0 Å². The summed E-state index contributed by atoms with van der Waals surface area (Å²) >= 11 is 0. The second-order valence-corrected chi connectivity index (χ2v) is 15.7. The molecular weight excluding hydrogens is 721 g/mol. The highest BCUT2D eigenvalue weighted by molar-refractivity contribution is 5.71. The lowest BCUT2D eigenvalue weighted by molar-refractivity contribution is -0.167. The molecule has 0 fully saturated rings. The van der Waals surface area contributed by atoms with Crippen LogP contribution in [0.5, 0.6) is 0 Å². The molecule has 0 heterocycles. The second kappa shape index (κ2) is 46.5. The standard InChI is InChI=1S/C52H88O6/c1-4-7-10-13-16-19-22-24-26-28-30-33-36-39-42-45-51(54)57-48-49(47-56-50(53)44-41-38-35-32-29-21-18-15-12-9-6-3)58-52(55)46-43-40-37-34-31-27-25-23-20-17-14-11-8-5-2/h8,11,15,17-22,25,27,29,49H,4-7,9-10,12-14,16,23-24,26,28,30-48H2,1-3H3/b11-8-,18-15-,20-17-,22-19-,27-25-,29-21-. The third-order valence-corrected chi connectivity index (χ3v) is 9.94. The molecule has 6 heteroatoms. The third-order valence-electron chi connectivity index (χ3n) is 9.94. The quantitative estimate of drug-likeness (QED) is 0.0201. The number of hydrogen-bond donors (Lipinski definition) is 0. The van der Waals surface area contributed by atoms with E-state index in [4.69, 9.17) is 14.2 Å². The monoisotopic (exact) mass is 809 g/mol. The number of carbonyl (C=O) groups is 3. The van der Waals surface area contributed by atoms with Crippen molar-refractivity contribution in [1.29, 1.82) is 0 Å². The first-order chi connectivity index (χ1) is 28.5. The van der Waals surface area contributed by atoms with E-state index in [1.165, 1.54) is 77.0 Å². The lowest BCUT2D eigenvalue weighted by atomic mass is 10.1. The molecule has 1 atom stereocenters. The van der Waals surface area contributed by atoms with Crippen molar-refractivity contribution in [2.45, 2.75) is 226 Å². The normalized spacial score (nSPS) is 12.7. The maximum atomic E-state index is 12.7. The molecule has 1 unspecified atom stereocenters. The van der Waals surface area contributed by atoms with Crippen LogP contribution in [0.2, 0.25) is 0 Å². The van der Waals surface area contributed by atoms with Gasteiger partial charge in [0, 0.05) is 19.3 Å². The van der Waals surface area contributed by atoms with Gasteiger partial charge in [0.05, 0.1) is 0 Å². The smallest absolute Gasteiger partial charge is 0.306 e. The minimum atomic E-state index is -0.798. The molecule has 0 spiro atoms. The Morgan fingerprint density at radius 1 is 0.379 bits per heavy atom. The molecule has 0 aliphatic heterocycles. The Balaban J connectivity index is 4.45. The Morgan fingerprint density at radius 2 is 0.741 bits per heavy atom. The van der Waals surface area contributed by atoms with Crippen LogP contribution in [0.3, 0.4) is 0 Å². The summed E-state index contributed by atoms with van der Waals surface area (Å²) in [7, 11) is 0. The van der Waals surface area contributed by atoms with Crippen molar-refractivity contribution in [2.75, 3.05) is 13.2 Å². The number of hydrogen-bond acceptors (Lipinski definition) is 6. The van der Waals surface area contributed by atoms with Crippen LogP contribution in [0, 0.1) is 0 Å². The van der Waals surface area contributed by atoms with Gasteiger partial charge in [0.2, 0.25) is 0 Å². The van der Waals surface area contributed by atoms with Gasteiger partial charge < -0.3 is 14.2 Å². The van der Waals surface area contributed by atoms with E-state index in [1.54, 1.807) is 0 Å². The van der Waals surface area contributed by atoms with Crippen LogP contribution < -0.4 is 0 Å². The summed E-state index contributed by atoms with van der Waals surface area (Å²) in [5.74, 6) is -0.956. The van der Waals surface area contributed by atoms with Crippen LogP contribution in [0.25, 0.3) is 0 Å². The predicted octanol–water partition coefficient (Wildman–Crippen LogP) is 15.5. The Kier molecular flexibility index (Phi) is 44.0. The van der Waals surface area contributed by atoms with E-state index < -0.39 is 6.10 Å². The molecule has 0 aromatic rings. The summed E-state index contributed by atoms with van der Waals surface area (Å²) in [6.45, 7) is 6.40. The Bertz CT molecular complexity index is 1110. The van der Waals surface area contributed by atoms with Crippen molar-refractivity contribution < 1.29 is 28.6 Å². The van der Waals surface area contributed by atoms with Gasteiger partial charge >= 0.3 is 17.9 Å². The highest BCUT2D eigenvalue weighted by Crippen LogP contribution is 2.13. The van der Waals surface area contributed by atoms with Gasteiger partial charge in [-0.05, 0) is 96.3 Å². The van der Waals surface area contributed by atoms with E-state index in [0.717, 1.165) is 103 Å². The van der Waals surface area contributed by atoms with E-state index in [1.807, 2.05) is 0 Å². The second-order valence-electron chi connectivity index (χ2n) is 15.7. The van der Waals surface area contributed by atoms with Crippen LogP contribution in [-0.2, 0) is 28.6 Å². The van der Waals surface area contributed by atoms with Crippen LogP contribution in [0.1, 0.15) is 220 Å². The molecule has 0 aromatic heterocycles. The summed E-state index contributed by atoms with van der Waals surface area (Å²) in [4.78, 5) is 37.8. The van der Waals surface area contributed by atoms with Gasteiger partial charge in [-0.3, -0.25) is 14.4 Å². The maximum Gasteiger partial charge on any atom is 0.306 e. The number of unbranched alkanes of at least 4 members (excludes halogenated alkanes) is 20. The van der Waals surface area contributed by atoms with E-state index in [9.17, 15) is 14.4 Å². The largest absolute Gasteiger partial charge is 0.462 e. The van der Waals surface area contributed by atoms with Crippen molar-refractivity contribution in [2.24, 2.45) is 0 Å². The predicted molar refractivity (Wildman–Crippen MR) is 247 cm³/mol. The zero-order valence-corrected chi connectivity index (χ0v) is 37.8.